The number of aryl methyl sites for hydroxylation is 2. The van der Waals surface area contributed by atoms with Gasteiger partial charge in [-0.25, -0.2) is 0 Å². The van der Waals surface area contributed by atoms with Crippen LogP contribution in [0.4, 0.5) is 0 Å². The second kappa shape index (κ2) is 5.98. The largest absolute Gasteiger partial charge is 0.487 e. The number of hydrogen-bond donors (Lipinski definition) is 1. The monoisotopic (exact) mass is 262 g/mol. The maximum Gasteiger partial charge on any atom is 0.125 e. The summed E-state index contributed by atoms with van der Waals surface area (Å²) in [6.45, 7) is 5.42. The first kappa shape index (κ1) is 13.1. The molecule has 2 aromatic rings. The molecule has 4 heteroatoms. The zero-order chi connectivity index (χ0) is 13.0. The average Bonchev–Trinajstić information content (AvgIpc) is 2.81. The summed E-state index contributed by atoms with van der Waals surface area (Å²) < 4.78 is 5.88. The molecule has 0 aliphatic carbocycles. The molecule has 2 N–H and O–H groups in total. The summed E-state index contributed by atoms with van der Waals surface area (Å²) in [4.78, 5) is 5.18. The molecule has 1 aromatic carbocycles. The van der Waals surface area contributed by atoms with Crippen LogP contribution in [0.5, 0.6) is 5.75 Å². The first-order valence-corrected chi connectivity index (χ1v) is 6.89. The molecule has 0 bridgehead atoms. The molecule has 2 rings (SSSR count). The molecule has 0 fully saturated rings. The van der Waals surface area contributed by atoms with Gasteiger partial charge in [0.1, 0.15) is 12.4 Å². The van der Waals surface area contributed by atoms with Gasteiger partial charge in [0.2, 0.25) is 0 Å². The van der Waals surface area contributed by atoms with E-state index in [0.29, 0.717) is 13.2 Å². The van der Waals surface area contributed by atoms with Crippen molar-refractivity contribution < 1.29 is 4.74 Å². The van der Waals surface area contributed by atoms with E-state index in [1.54, 1.807) is 11.3 Å². The molecule has 0 atom stereocenters. The van der Waals surface area contributed by atoms with Crippen molar-refractivity contribution in [2.24, 2.45) is 5.73 Å². The Labute approximate surface area is 112 Å². The van der Waals surface area contributed by atoms with Crippen LogP contribution in [0, 0.1) is 13.8 Å². The Morgan fingerprint density at radius 1 is 1.28 bits per heavy atom. The van der Waals surface area contributed by atoms with Crippen LogP contribution in [0.25, 0.3) is 0 Å². The number of benzene rings is 1. The molecule has 0 aliphatic heterocycles. The Balaban J connectivity index is 2.12. The summed E-state index contributed by atoms with van der Waals surface area (Å²) in [5.74, 6) is 0.976. The maximum absolute atomic E-state index is 5.88. The SMILES string of the molecule is Cc1cc(CCN)cc(C)c1OCc1cncs1. The van der Waals surface area contributed by atoms with E-state index in [4.69, 9.17) is 10.5 Å². The van der Waals surface area contributed by atoms with Crippen molar-refractivity contribution in [1.29, 1.82) is 0 Å². The predicted molar refractivity (Wildman–Crippen MR) is 75.1 cm³/mol. The van der Waals surface area contributed by atoms with Crippen molar-refractivity contribution in [3.8, 4) is 5.75 Å². The smallest absolute Gasteiger partial charge is 0.125 e. The van der Waals surface area contributed by atoms with Crippen molar-refractivity contribution in [3.63, 3.8) is 0 Å². The van der Waals surface area contributed by atoms with Crippen molar-refractivity contribution in [3.05, 3.63) is 45.4 Å². The van der Waals surface area contributed by atoms with Crippen molar-refractivity contribution >= 4 is 11.3 Å². The summed E-state index contributed by atoms with van der Waals surface area (Å²) in [7, 11) is 0. The van der Waals surface area contributed by atoms with E-state index < -0.39 is 0 Å². The molecule has 0 saturated carbocycles. The Morgan fingerprint density at radius 2 is 2.00 bits per heavy atom. The Morgan fingerprint density at radius 3 is 2.56 bits per heavy atom. The maximum atomic E-state index is 5.88. The van der Waals surface area contributed by atoms with E-state index in [1.807, 2.05) is 11.7 Å². The Bertz CT molecular complexity index is 486. The van der Waals surface area contributed by atoms with E-state index in [2.05, 4.69) is 31.0 Å². The molecular weight excluding hydrogens is 244 g/mol. The minimum atomic E-state index is 0.586. The van der Waals surface area contributed by atoms with Gasteiger partial charge >= 0.3 is 0 Å². The fourth-order valence-electron chi connectivity index (χ4n) is 2.04. The van der Waals surface area contributed by atoms with Crippen LogP contribution in [0.2, 0.25) is 0 Å². The molecule has 0 unspecified atom stereocenters. The fourth-order valence-corrected chi connectivity index (χ4v) is 2.54. The highest BCUT2D eigenvalue weighted by atomic mass is 32.1. The highest BCUT2D eigenvalue weighted by Crippen LogP contribution is 2.26. The summed E-state index contributed by atoms with van der Waals surface area (Å²) in [6, 6.07) is 4.31. The van der Waals surface area contributed by atoms with Crippen LogP contribution in [0.1, 0.15) is 21.6 Å². The second-order valence-electron chi connectivity index (χ2n) is 4.35. The van der Waals surface area contributed by atoms with Gasteiger partial charge < -0.3 is 10.5 Å². The summed E-state index contributed by atoms with van der Waals surface area (Å²) in [5, 5.41) is 0. The molecule has 3 nitrogen and oxygen atoms in total. The number of aromatic nitrogens is 1. The van der Waals surface area contributed by atoms with E-state index in [9.17, 15) is 0 Å². The zero-order valence-electron chi connectivity index (χ0n) is 10.8. The van der Waals surface area contributed by atoms with E-state index in [0.717, 1.165) is 17.0 Å². The van der Waals surface area contributed by atoms with Gasteiger partial charge in [-0.15, -0.1) is 11.3 Å². The molecular formula is C14H18N2OS. The minimum Gasteiger partial charge on any atom is -0.487 e. The van der Waals surface area contributed by atoms with Gasteiger partial charge in [-0.1, -0.05) is 12.1 Å². The number of thiazole rings is 1. The summed E-state index contributed by atoms with van der Waals surface area (Å²) >= 11 is 1.61. The lowest BCUT2D eigenvalue weighted by Gasteiger charge is -2.13. The number of hydrogen-bond acceptors (Lipinski definition) is 4. The summed E-state index contributed by atoms with van der Waals surface area (Å²) in [6.07, 6.45) is 2.76. The average molecular weight is 262 g/mol. The van der Waals surface area contributed by atoms with Crippen molar-refractivity contribution in [2.75, 3.05) is 6.54 Å². The van der Waals surface area contributed by atoms with Gasteiger partial charge in [-0.05, 0) is 43.5 Å². The van der Waals surface area contributed by atoms with Gasteiger partial charge in [-0.2, -0.15) is 0 Å². The quantitative estimate of drug-likeness (QED) is 0.901. The van der Waals surface area contributed by atoms with Crippen LogP contribution in [0.15, 0.2) is 23.8 Å². The molecule has 0 spiro atoms. The van der Waals surface area contributed by atoms with Crippen molar-refractivity contribution in [2.45, 2.75) is 26.9 Å². The lowest BCUT2D eigenvalue weighted by Crippen LogP contribution is -2.04. The number of nitrogens with zero attached hydrogens (tertiary/aromatic N) is 1. The van der Waals surface area contributed by atoms with Crippen LogP contribution >= 0.6 is 11.3 Å². The molecule has 0 aliphatic rings. The van der Waals surface area contributed by atoms with Crippen molar-refractivity contribution in [1.82, 2.24) is 4.98 Å². The van der Waals surface area contributed by atoms with E-state index in [1.165, 1.54) is 16.7 Å². The molecule has 96 valence electrons. The topological polar surface area (TPSA) is 48.1 Å². The van der Waals surface area contributed by atoms with Gasteiger partial charge in [0.25, 0.3) is 0 Å². The number of nitrogens with two attached hydrogens (primary N) is 1. The van der Waals surface area contributed by atoms with Crippen LogP contribution < -0.4 is 10.5 Å². The van der Waals surface area contributed by atoms with Gasteiger partial charge in [-0.3, -0.25) is 4.98 Å². The predicted octanol–water partition coefficient (Wildman–Crippen LogP) is 2.84. The highest BCUT2D eigenvalue weighted by Gasteiger charge is 2.07. The molecule has 0 amide bonds. The standard InChI is InChI=1S/C14H18N2OS/c1-10-5-12(3-4-15)6-11(2)14(10)17-8-13-7-16-9-18-13/h5-7,9H,3-4,8,15H2,1-2H3. The zero-order valence-corrected chi connectivity index (χ0v) is 11.6. The number of rotatable bonds is 5. The van der Waals surface area contributed by atoms with Gasteiger partial charge in [0, 0.05) is 6.20 Å². The molecule has 1 heterocycles. The second-order valence-corrected chi connectivity index (χ2v) is 5.32. The van der Waals surface area contributed by atoms with E-state index >= 15 is 0 Å². The third-order valence-corrected chi connectivity index (χ3v) is 3.55. The summed E-state index contributed by atoms with van der Waals surface area (Å²) in [5.41, 5.74) is 11.0. The first-order valence-electron chi connectivity index (χ1n) is 6.01. The van der Waals surface area contributed by atoms with Crippen LogP contribution in [-0.2, 0) is 13.0 Å². The Hall–Kier alpha value is -1.39. The van der Waals surface area contributed by atoms with Gasteiger partial charge in [0.05, 0.1) is 10.4 Å². The molecule has 0 saturated heterocycles. The third-order valence-electron chi connectivity index (χ3n) is 2.80. The lowest BCUT2D eigenvalue weighted by atomic mass is 10.0. The fraction of sp³-hybridized carbons (Fsp3) is 0.357. The molecule has 1 aromatic heterocycles. The normalized spacial score (nSPS) is 10.6. The highest BCUT2D eigenvalue weighted by molar-refractivity contribution is 7.09. The van der Waals surface area contributed by atoms with Crippen LogP contribution in [-0.4, -0.2) is 11.5 Å². The van der Waals surface area contributed by atoms with Crippen LogP contribution in [0.3, 0.4) is 0 Å². The Kier molecular flexibility index (Phi) is 4.33. The van der Waals surface area contributed by atoms with Gasteiger partial charge in [0.15, 0.2) is 0 Å². The first-order chi connectivity index (χ1) is 8.70. The minimum absolute atomic E-state index is 0.586. The van der Waals surface area contributed by atoms with E-state index in [-0.39, 0.29) is 0 Å². The lowest BCUT2D eigenvalue weighted by molar-refractivity contribution is 0.305. The number of ether oxygens (including phenoxy) is 1. The molecule has 0 radical (unpaired) electrons. The molecule has 18 heavy (non-hydrogen) atoms. The third kappa shape index (κ3) is 3.09.